The molecule has 4 heteroatoms. The molecule has 0 amide bonds. The maximum Gasteiger partial charge on any atom is 0.320 e. The van der Waals surface area contributed by atoms with Crippen molar-refractivity contribution in [2.24, 2.45) is 0 Å². The fourth-order valence-corrected chi connectivity index (χ4v) is 0.895. The number of nitrogens with one attached hydrogen (secondary N) is 1. The van der Waals surface area contributed by atoms with Crippen LogP contribution in [0.5, 0.6) is 0 Å². The first kappa shape index (κ1) is 12.4. The van der Waals surface area contributed by atoms with E-state index in [0.717, 1.165) is 23.9 Å². The number of carbonyl (C=O) groups is 1. The van der Waals surface area contributed by atoms with Crippen LogP contribution in [0, 0.1) is 0 Å². The summed E-state index contributed by atoms with van der Waals surface area (Å²) < 4.78 is 1.00. The van der Waals surface area contributed by atoms with Crippen molar-refractivity contribution in [2.75, 3.05) is 34.7 Å². The number of rotatable bonds is 1. The highest BCUT2D eigenvalue weighted by Crippen LogP contribution is 2.03. The molecule has 0 unspecified atom stereocenters. The van der Waals surface area contributed by atoms with Crippen LogP contribution in [0.15, 0.2) is 0 Å². The highest BCUT2D eigenvalue weighted by atomic mass is 16.4. The van der Waals surface area contributed by atoms with Gasteiger partial charge >= 0.3 is 5.97 Å². The zero-order valence-corrected chi connectivity index (χ0v) is 9.00. The summed E-state index contributed by atoms with van der Waals surface area (Å²) in [7, 11) is 8.50. The summed E-state index contributed by atoms with van der Waals surface area (Å²) in [6, 6.07) is -0.269. The Morgan fingerprint density at radius 2 is 1.85 bits per heavy atom. The Labute approximate surface area is 80.1 Å². The van der Waals surface area contributed by atoms with Gasteiger partial charge in [0.05, 0.1) is 28.2 Å². The summed E-state index contributed by atoms with van der Waals surface area (Å²) in [6.07, 6.45) is 1.78. The number of carboxylic acid groups (broad SMARTS) is 1. The van der Waals surface area contributed by atoms with Crippen molar-refractivity contribution < 1.29 is 14.4 Å². The average Bonchev–Trinajstić information content (AvgIpc) is 2.31. The van der Waals surface area contributed by atoms with Gasteiger partial charge in [0.2, 0.25) is 0 Å². The Morgan fingerprint density at radius 1 is 1.38 bits per heavy atom. The van der Waals surface area contributed by atoms with Gasteiger partial charge in [0.15, 0.2) is 0 Å². The Hall–Kier alpha value is -0.610. The number of nitrogens with zero attached hydrogens (tertiary/aromatic N) is 1. The third-order valence-corrected chi connectivity index (χ3v) is 1.36. The lowest BCUT2D eigenvalue weighted by Gasteiger charge is -2.14. The molecular formula is C9H21N2O2+. The quantitative estimate of drug-likeness (QED) is 0.577. The molecule has 0 bridgehead atoms. The number of carboxylic acids is 1. The number of aliphatic carboxylic acids is 1. The van der Waals surface area contributed by atoms with E-state index in [1.807, 2.05) is 0 Å². The summed E-state index contributed by atoms with van der Waals surface area (Å²) >= 11 is 0. The Bertz CT molecular complexity index is 151. The van der Waals surface area contributed by atoms with Crippen molar-refractivity contribution in [3.8, 4) is 0 Å². The molecule has 0 aliphatic carbocycles. The Morgan fingerprint density at radius 3 is 2.00 bits per heavy atom. The van der Waals surface area contributed by atoms with Crippen molar-refractivity contribution in [1.82, 2.24) is 5.32 Å². The van der Waals surface area contributed by atoms with Crippen LogP contribution in [0.4, 0.5) is 0 Å². The predicted molar refractivity (Wildman–Crippen MR) is 52.6 cm³/mol. The van der Waals surface area contributed by atoms with Crippen molar-refractivity contribution in [1.29, 1.82) is 0 Å². The van der Waals surface area contributed by atoms with Gasteiger partial charge in [-0.05, 0) is 19.4 Å². The summed E-state index contributed by atoms with van der Waals surface area (Å²) in [5, 5.41) is 11.2. The second-order valence-electron chi connectivity index (χ2n) is 4.67. The smallest absolute Gasteiger partial charge is 0.320 e. The van der Waals surface area contributed by atoms with Crippen molar-refractivity contribution >= 4 is 5.97 Å². The topological polar surface area (TPSA) is 49.3 Å². The third-order valence-electron chi connectivity index (χ3n) is 1.36. The minimum Gasteiger partial charge on any atom is -0.480 e. The maximum atomic E-state index is 10.1. The molecule has 13 heavy (non-hydrogen) atoms. The van der Waals surface area contributed by atoms with Gasteiger partial charge < -0.3 is 14.9 Å². The largest absolute Gasteiger partial charge is 0.480 e. The molecule has 1 aliphatic rings. The highest BCUT2D eigenvalue weighted by Gasteiger charge is 2.20. The second-order valence-corrected chi connectivity index (χ2v) is 4.67. The SMILES string of the molecule is C[N+](C)(C)C.O=C(O)[C@@H]1CCCN1. The molecule has 78 valence electrons. The second kappa shape index (κ2) is 5.19. The number of hydrogen-bond donors (Lipinski definition) is 2. The molecule has 0 saturated carbocycles. The van der Waals surface area contributed by atoms with Crippen LogP contribution in [0.25, 0.3) is 0 Å². The van der Waals surface area contributed by atoms with Crippen molar-refractivity contribution in [3.63, 3.8) is 0 Å². The Balaban J connectivity index is 0.000000252. The van der Waals surface area contributed by atoms with Crippen LogP contribution in [-0.2, 0) is 4.79 Å². The molecule has 0 aromatic carbocycles. The molecule has 0 aromatic heterocycles. The van der Waals surface area contributed by atoms with E-state index in [-0.39, 0.29) is 6.04 Å². The van der Waals surface area contributed by atoms with Crippen molar-refractivity contribution in [2.45, 2.75) is 18.9 Å². The zero-order chi connectivity index (χ0) is 10.5. The van der Waals surface area contributed by atoms with Gasteiger partial charge in [-0.2, -0.15) is 0 Å². The fraction of sp³-hybridized carbons (Fsp3) is 0.889. The highest BCUT2D eigenvalue weighted by molar-refractivity contribution is 5.73. The van der Waals surface area contributed by atoms with Gasteiger partial charge in [-0.3, -0.25) is 4.79 Å². The van der Waals surface area contributed by atoms with Crippen LogP contribution in [-0.4, -0.2) is 56.3 Å². The van der Waals surface area contributed by atoms with E-state index in [2.05, 4.69) is 33.5 Å². The molecule has 1 aliphatic heterocycles. The number of quaternary nitrogens is 1. The molecule has 0 radical (unpaired) electrons. The normalized spacial score (nSPS) is 22.0. The zero-order valence-electron chi connectivity index (χ0n) is 9.00. The van der Waals surface area contributed by atoms with E-state index in [0.29, 0.717) is 0 Å². The van der Waals surface area contributed by atoms with Crippen LogP contribution in [0.3, 0.4) is 0 Å². The summed E-state index contributed by atoms with van der Waals surface area (Å²) in [6.45, 7) is 0.858. The predicted octanol–water partition coefficient (Wildman–Crippen LogP) is 0.145. The van der Waals surface area contributed by atoms with E-state index < -0.39 is 5.97 Å². The van der Waals surface area contributed by atoms with E-state index in [1.54, 1.807) is 0 Å². The lowest BCUT2D eigenvalue weighted by atomic mass is 10.2. The lowest BCUT2D eigenvalue weighted by Crippen LogP contribution is -2.29. The lowest BCUT2D eigenvalue weighted by molar-refractivity contribution is -0.849. The number of hydrogen-bond acceptors (Lipinski definition) is 2. The molecule has 1 atom stereocenters. The van der Waals surface area contributed by atoms with Crippen LogP contribution in [0.1, 0.15) is 12.8 Å². The molecule has 1 rings (SSSR count). The molecule has 0 spiro atoms. The average molecular weight is 189 g/mol. The summed E-state index contributed by atoms with van der Waals surface area (Å²) in [5.41, 5.74) is 0. The maximum absolute atomic E-state index is 10.1. The van der Waals surface area contributed by atoms with Gasteiger partial charge in [0.25, 0.3) is 0 Å². The van der Waals surface area contributed by atoms with E-state index in [4.69, 9.17) is 5.11 Å². The molecule has 1 fully saturated rings. The first-order valence-electron chi connectivity index (χ1n) is 4.56. The third kappa shape index (κ3) is 9.30. The van der Waals surface area contributed by atoms with Gasteiger partial charge in [-0.25, -0.2) is 0 Å². The molecule has 0 aromatic rings. The van der Waals surface area contributed by atoms with E-state index in [1.165, 1.54) is 0 Å². The minimum atomic E-state index is -0.720. The monoisotopic (exact) mass is 189 g/mol. The first-order valence-corrected chi connectivity index (χ1v) is 4.56. The van der Waals surface area contributed by atoms with Gasteiger partial charge in [-0.15, -0.1) is 0 Å². The van der Waals surface area contributed by atoms with Gasteiger partial charge in [0, 0.05) is 0 Å². The van der Waals surface area contributed by atoms with E-state index >= 15 is 0 Å². The summed E-state index contributed by atoms with van der Waals surface area (Å²) in [5.74, 6) is -0.720. The van der Waals surface area contributed by atoms with E-state index in [9.17, 15) is 4.79 Å². The Kier molecular flexibility index (Phi) is 4.95. The molecular weight excluding hydrogens is 168 g/mol. The fourth-order valence-electron chi connectivity index (χ4n) is 0.895. The van der Waals surface area contributed by atoms with Crippen LogP contribution >= 0.6 is 0 Å². The molecule has 1 heterocycles. The minimum absolute atomic E-state index is 0.269. The van der Waals surface area contributed by atoms with Crippen LogP contribution in [0.2, 0.25) is 0 Å². The molecule has 4 nitrogen and oxygen atoms in total. The summed E-state index contributed by atoms with van der Waals surface area (Å²) in [4.78, 5) is 10.1. The van der Waals surface area contributed by atoms with Gasteiger partial charge in [0.1, 0.15) is 6.04 Å². The van der Waals surface area contributed by atoms with Crippen LogP contribution < -0.4 is 5.32 Å². The standard InChI is InChI=1S/C5H9NO2.C4H12N/c7-5(8)4-2-1-3-6-4;1-5(2,3)4/h4,6H,1-3H2,(H,7,8);1-4H3/q;+1/t4-;/m0./s1. The molecule has 2 N–H and O–H groups in total. The van der Waals surface area contributed by atoms with Gasteiger partial charge in [-0.1, -0.05) is 0 Å². The molecule has 1 saturated heterocycles. The first-order chi connectivity index (χ1) is 5.80. The van der Waals surface area contributed by atoms with Crippen molar-refractivity contribution in [3.05, 3.63) is 0 Å².